The lowest BCUT2D eigenvalue weighted by molar-refractivity contribution is -0.201. The van der Waals surface area contributed by atoms with E-state index in [4.69, 9.17) is 23.7 Å². The van der Waals surface area contributed by atoms with Crippen LogP contribution in [-0.4, -0.2) is 76.0 Å². The fourth-order valence-electron chi connectivity index (χ4n) is 4.40. The summed E-state index contributed by atoms with van der Waals surface area (Å²) in [6.07, 6.45) is 0. The Kier molecular flexibility index (Phi) is 9.21. The molecule has 0 radical (unpaired) electrons. The maximum absolute atomic E-state index is 13.8. The van der Waals surface area contributed by atoms with Gasteiger partial charge in [-0.15, -0.1) is 0 Å². The minimum absolute atomic E-state index is 0.185. The Morgan fingerprint density at radius 2 is 1.20 bits per heavy atom. The number of methoxy groups -OCH3 is 1. The van der Waals surface area contributed by atoms with Crippen molar-refractivity contribution in [2.75, 3.05) is 45.0 Å². The highest BCUT2D eigenvalue weighted by atomic mass is 16.6. The molecular weight excluding hydrogens is 462 g/mol. The minimum Gasteiger partial charge on any atom is -0.467 e. The lowest BCUT2D eigenvalue weighted by atomic mass is 9.61. The Morgan fingerprint density at radius 1 is 0.771 bits per heavy atom. The first-order chi connectivity index (χ1) is 16.7. The molecule has 1 aromatic rings. The number of ether oxygens (including phenoxy) is 5. The van der Waals surface area contributed by atoms with E-state index >= 15 is 0 Å². The highest BCUT2D eigenvalue weighted by Crippen LogP contribution is 2.55. The van der Waals surface area contributed by atoms with E-state index in [-0.39, 0.29) is 26.4 Å². The second-order valence-electron chi connectivity index (χ2n) is 7.48. The third-order valence-corrected chi connectivity index (χ3v) is 5.76. The predicted molar refractivity (Wildman–Crippen MR) is 121 cm³/mol. The fraction of sp³-hybridized carbons (Fsp3) is 0.542. The Hall–Kier alpha value is -3.63. The van der Waals surface area contributed by atoms with Gasteiger partial charge < -0.3 is 28.6 Å². The van der Waals surface area contributed by atoms with Gasteiger partial charge in [-0.25, -0.2) is 4.79 Å². The fourth-order valence-corrected chi connectivity index (χ4v) is 4.40. The summed E-state index contributed by atoms with van der Waals surface area (Å²) in [5.74, 6) is -6.15. The largest absolute Gasteiger partial charge is 0.467 e. The number of para-hydroxylation sites is 1. The first kappa shape index (κ1) is 27.6. The molecule has 35 heavy (non-hydrogen) atoms. The average molecular weight is 494 g/mol. The van der Waals surface area contributed by atoms with Crippen LogP contribution in [0.4, 0.5) is 5.69 Å². The molecule has 1 aliphatic heterocycles. The summed E-state index contributed by atoms with van der Waals surface area (Å²) < 4.78 is 25.9. The van der Waals surface area contributed by atoms with Crippen molar-refractivity contribution in [2.24, 2.45) is 10.8 Å². The van der Waals surface area contributed by atoms with Crippen LogP contribution < -0.4 is 4.90 Å². The monoisotopic (exact) mass is 493 g/mol. The molecule has 1 aliphatic rings. The van der Waals surface area contributed by atoms with E-state index in [1.165, 1.54) is 32.6 Å². The molecule has 0 N–H and O–H groups in total. The van der Waals surface area contributed by atoms with Gasteiger partial charge in [0.25, 0.3) is 0 Å². The first-order valence-electron chi connectivity index (χ1n) is 11.3. The zero-order valence-electron chi connectivity index (χ0n) is 20.5. The van der Waals surface area contributed by atoms with Crippen LogP contribution in [-0.2, 0) is 47.7 Å². The maximum atomic E-state index is 13.8. The molecule has 192 valence electrons. The summed E-state index contributed by atoms with van der Waals surface area (Å²) in [6, 6.07) is 6.36. The number of carbonyl (C=O) groups excluding carboxylic acids is 5. The molecule has 2 rings (SSSR count). The third-order valence-electron chi connectivity index (χ3n) is 5.76. The highest BCUT2D eigenvalue weighted by molar-refractivity contribution is 6.19. The Labute approximate surface area is 203 Å². The number of nitrogens with zero attached hydrogens (tertiary/aromatic N) is 1. The molecule has 1 saturated heterocycles. The Morgan fingerprint density at radius 3 is 1.60 bits per heavy atom. The van der Waals surface area contributed by atoms with Gasteiger partial charge in [-0.3, -0.25) is 19.2 Å². The average Bonchev–Trinajstić information content (AvgIpc) is 3.19. The van der Waals surface area contributed by atoms with Gasteiger partial charge in [-0.2, -0.15) is 0 Å². The molecule has 0 aromatic heterocycles. The van der Waals surface area contributed by atoms with Crippen LogP contribution in [0.3, 0.4) is 0 Å². The van der Waals surface area contributed by atoms with Gasteiger partial charge in [-0.05, 0) is 39.8 Å². The van der Waals surface area contributed by atoms with E-state index in [0.717, 1.165) is 7.11 Å². The van der Waals surface area contributed by atoms with E-state index in [1.54, 1.807) is 30.3 Å². The molecule has 1 heterocycles. The number of anilines is 1. The van der Waals surface area contributed by atoms with E-state index in [0.29, 0.717) is 5.69 Å². The summed E-state index contributed by atoms with van der Waals surface area (Å²) in [5, 5.41) is 0. The quantitative estimate of drug-likeness (QED) is 0.265. The molecule has 11 nitrogen and oxygen atoms in total. The summed E-state index contributed by atoms with van der Waals surface area (Å²) in [4.78, 5) is 69.3. The van der Waals surface area contributed by atoms with Crippen molar-refractivity contribution in [3.05, 3.63) is 30.3 Å². The second kappa shape index (κ2) is 11.7. The lowest BCUT2D eigenvalue weighted by Crippen LogP contribution is -2.66. The Bertz CT molecular complexity index is 909. The minimum atomic E-state index is -2.83. The standard InChI is InChI=1S/C24H31NO10/c1-6-32-19(27)23(20(28)33-7-2)15-25(16-13-11-10-12-14-16)17(18(26)31-5)24(23,21(29)34-8-3)22(30)35-9-4/h10-14,17H,6-9,15H2,1-5H3/t17-/m1/s1. The van der Waals surface area contributed by atoms with Crippen molar-refractivity contribution in [3.8, 4) is 0 Å². The SMILES string of the molecule is CCOC(=O)C1(C(=O)OCC)CN(c2ccccc2)[C@H](C(=O)OC)C1(C(=O)OCC)C(=O)OCC. The molecule has 0 saturated carbocycles. The van der Waals surface area contributed by atoms with Crippen LogP contribution in [0.25, 0.3) is 0 Å². The topological polar surface area (TPSA) is 135 Å². The van der Waals surface area contributed by atoms with Crippen LogP contribution in [0.5, 0.6) is 0 Å². The van der Waals surface area contributed by atoms with Crippen molar-refractivity contribution in [3.63, 3.8) is 0 Å². The van der Waals surface area contributed by atoms with Gasteiger partial charge in [0.05, 0.1) is 33.5 Å². The summed E-state index contributed by atoms with van der Waals surface area (Å²) >= 11 is 0. The van der Waals surface area contributed by atoms with Crippen LogP contribution in [0.1, 0.15) is 27.7 Å². The van der Waals surface area contributed by atoms with Crippen LogP contribution >= 0.6 is 0 Å². The van der Waals surface area contributed by atoms with Crippen LogP contribution in [0, 0.1) is 10.8 Å². The van der Waals surface area contributed by atoms with Crippen molar-refractivity contribution >= 4 is 35.5 Å². The van der Waals surface area contributed by atoms with Gasteiger partial charge in [-0.1, -0.05) is 18.2 Å². The third kappa shape index (κ3) is 4.42. The van der Waals surface area contributed by atoms with Gasteiger partial charge >= 0.3 is 29.8 Å². The number of benzene rings is 1. The summed E-state index contributed by atoms with van der Waals surface area (Å²) in [5.41, 5.74) is -5.15. The van der Waals surface area contributed by atoms with E-state index in [2.05, 4.69) is 0 Å². The van der Waals surface area contributed by atoms with Crippen LogP contribution in [0.2, 0.25) is 0 Å². The van der Waals surface area contributed by atoms with E-state index in [9.17, 15) is 24.0 Å². The number of rotatable bonds is 10. The first-order valence-corrected chi connectivity index (χ1v) is 11.3. The molecular formula is C24H31NO10. The smallest absolute Gasteiger partial charge is 0.330 e. The number of hydrogen-bond acceptors (Lipinski definition) is 11. The highest BCUT2D eigenvalue weighted by Gasteiger charge is 2.83. The summed E-state index contributed by atoms with van der Waals surface area (Å²) in [7, 11) is 1.06. The second-order valence-corrected chi connectivity index (χ2v) is 7.48. The molecule has 1 aromatic carbocycles. The zero-order valence-corrected chi connectivity index (χ0v) is 20.5. The molecule has 0 amide bonds. The summed E-state index contributed by atoms with van der Waals surface area (Å²) in [6.45, 7) is 4.51. The predicted octanol–water partition coefficient (Wildman–Crippen LogP) is 1.27. The van der Waals surface area contributed by atoms with Gasteiger partial charge in [0, 0.05) is 12.2 Å². The normalized spacial score (nSPS) is 17.7. The number of esters is 5. The molecule has 0 bridgehead atoms. The maximum Gasteiger partial charge on any atom is 0.330 e. The van der Waals surface area contributed by atoms with Crippen molar-refractivity contribution < 1.29 is 47.7 Å². The van der Waals surface area contributed by atoms with E-state index < -0.39 is 53.3 Å². The molecule has 1 fully saturated rings. The van der Waals surface area contributed by atoms with Crippen molar-refractivity contribution in [1.82, 2.24) is 0 Å². The Balaban J connectivity index is 3.09. The van der Waals surface area contributed by atoms with Gasteiger partial charge in [0.15, 0.2) is 6.04 Å². The van der Waals surface area contributed by atoms with Gasteiger partial charge in [0.1, 0.15) is 0 Å². The molecule has 0 spiro atoms. The van der Waals surface area contributed by atoms with Crippen molar-refractivity contribution in [1.29, 1.82) is 0 Å². The van der Waals surface area contributed by atoms with E-state index in [1.807, 2.05) is 0 Å². The lowest BCUT2D eigenvalue weighted by Gasteiger charge is -2.38. The molecule has 0 aliphatic carbocycles. The number of hydrogen-bond donors (Lipinski definition) is 0. The van der Waals surface area contributed by atoms with Crippen molar-refractivity contribution in [2.45, 2.75) is 33.7 Å². The van der Waals surface area contributed by atoms with Crippen LogP contribution in [0.15, 0.2) is 30.3 Å². The zero-order chi connectivity index (χ0) is 26.2. The molecule has 11 heteroatoms. The molecule has 1 atom stereocenters. The molecule has 0 unspecified atom stereocenters. The number of carbonyl (C=O) groups is 5. The van der Waals surface area contributed by atoms with Gasteiger partial charge in [0.2, 0.25) is 10.8 Å².